The first-order valence-corrected chi connectivity index (χ1v) is 7.98. The van der Waals surface area contributed by atoms with Crippen molar-refractivity contribution in [2.45, 2.75) is 12.6 Å². The van der Waals surface area contributed by atoms with E-state index < -0.39 is 12.1 Å². The summed E-state index contributed by atoms with van der Waals surface area (Å²) in [5, 5.41) is 5.23. The number of nitrogens with one attached hydrogen (secondary N) is 2. The molecular weight excluding hydrogens is 328 g/mol. The molecule has 0 saturated heterocycles. The Kier molecular flexibility index (Phi) is 11.0. The van der Waals surface area contributed by atoms with Crippen LogP contribution in [0.1, 0.15) is 5.56 Å². The Morgan fingerprint density at radius 2 is 1.72 bits per heavy atom. The van der Waals surface area contributed by atoms with Gasteiger partial charge in [-0.15, -0.1) is 0 Å². The standard InChI is InChI=1S/C17H26N2O6/c1-22-8-9-24-10-11-25-17(21)19-15(13-23-2)16(20)18-12-14-6-4-3-5-7-14/h3-7,15H,8-13H2,1-2H3,(H,18,20)(H,19,21)/t15-/m1/s1. The van der Waals surface area contributed by atoms with E-state index in [1.165, 1.54) is 7.11 Å². The fraction of sp³-hybridized carbons (Fsp3) is 0.529. The fourth-order valence-corrected chi connectivity index (χ4v) is 1.88. The Labute approximate surface area is 147 Å². The van der Waals surface area contributed by atoms with Crippen LogP contribution in [0, 0.1) is 0 Å². The molecule has 2 N–H and O–H groups in total. The number of carbonyl (C=O) groups is 2. The van der Waals surface area contributed by atoms with Crippen LogP contribution in [-0.2, 0) is 30.3 Å². The van der Waals surface area contributed by atoms with Crippen molar-refractivity contribution in [3.8, 4) is 0 Å². The van der Waals surface area contributed by atoms with Gasteiger partial charge in [0.15, 0.2) is 0 Å². The maximum atomic E-state index is 12.2. The Balaban J connectivity index is 2.31. The zero-order valence-corrected chi connectivity index (χ0v) is 14.7. The molecule has 0 saturated carbocycles. The molecule has 0 heterocycles. The SMILES string of the molecule is COCCOCCOC(=O)N[C@H](COC)C(=O)NCc1ccccc1. The van der Waals surface area contributed by atoms with E-state index in [1.54, 1.807) is 7.11 Å². The van der Waals surface area contributed by atoms with Crippen LogP contribution in [0.25, 0.3) is 0 Å². The minimum absolute atomic E-state index is 0.0417. The summed E-state index contributed by atoms with van der Waals surface area (Å²) in [7, 11) is 3.03. The van der Waals surface area contributed by atoms with E-state index >= 15 is 0 Å². The van der Waals surface area contributed by atoms with Gasteiger partial charge in [0.2, 0.25) is 5.91 Å². The summed E-state index contributed by atoms with van der Waals surface area (Å²) in [4.78, 5) is 23.9. The first-order valence-electron chi connectivity index (χ1n) is 7.98. The highest BCUT2D eigenvalue weighted by atomic mass is 16.6. The van der Waals surface area contributed by atoms with Crippen LogP contribution in [0.5, 0.6) is 0 Å². The predicted molar refractivity (Wildman–Crippen MR) is 91.1 cm³/mol. The van der Waals surface area contributed by atoms with E-state index in [4.69, 9.17) is 18.9 Å². The fourth-order valence-electron chi connectivity index (χ4n) is 1.88. The van der Waals surface area contributed by atoms with Crippen LogP contribution in [0.2, 0.25) is 0 Å². The molecule has 0 aliphatic heterocycles. The Morgan fingerprint density at radius 1 is 1.00 bits per heavy atom. The largest absolute Gasteiger partial charge is 0.447 e. The van der Waals surface area contributed by atoms with E-state index in [0.717, 1.165) is 5.56 Å². The highest BCUT2D eigenvalue weighted by Crippen LogP contribution is 1.98. The third kappa shape index (κ3) is 9.65. The zero-order valence-electron chi connectivity index (χ0n) is 14.7. The van der Waals surface area contributed by atoms with Crippen LogP contribution in [0.3, 0.4) is 0 Å². The van der Waals surface area contributed by atoms with Gasteiger partial charge >= 0.3 is 6.09 Å². The van der Waals surface area contributed by atoms with Gasteiger partial charge in [-0.3, -0.25) is 4.79 Å². The van der Waals surface area contributed by atoms with Crippen molar-refractivity contribution in [2.24, 2.45) is 0 Å². The summed E-state index contributed by atoms with van der Waals surface area (Å²) in [6.45, 7) is 1.65. The van der Waals surface area contributed by atoms with Gasteiger partial charge in [-0.1, -0.05) is 30.3 Å². The van der Waals surface area contributed by atoms with Crippen molar-refractivity contribution >= 4 is 12.0 Å². The number of rotatable bonds is 12. The zero-order chi connectivity index (χ0) is 18.3. The molecule has 0 aliphatic rings. The van der Waals surface area contributed by atoms with Crippen LogP contribution >= 0.6 is 0 Å². The molecule has 1 rings (SSSR count). The van der Waals surface area contributed by atoms with Gasteiger partial charge in [0, 0.05) is 20.8 Å². The molecule has 140 valence electrons. The molecule has 8 heteroatoms. The predicted octanol–water partition coefficient (Wildman–Crippen LogP) is 0.707. The van der Waals surface area contributed by atoms with Crippen molar-refractivity contribution in [3.05, 3.63) is 35.9 Å². The summed E-state index contributed by atoms with van der Waals surface area (Å²) in [6, 6.07) is 8.64. The molecule has 0 unspecified atom stereocenters. The summed E-state index contributed by atoms with van der Waals surface area (Å²) in [6.07, 6.45) is -0.702. The molecule has 1 atom stereocenters. The van der Waals surface area contributed by atoms with Crippen molar-refractivity contribution in [1.29, 1.82) is 0 Å². The number of hydrogen-bond acceptors (Lipinski definition) is 6. The number of benzene rings is 1. The van der Waals surface area contributed by atoms with Gasteiger partial charge < -0.3 is 29.6 Å². The topological polar surface area (TPSA) is 95.1 Å². The van der Waals surface area contributed by atoms with Gasteiger partial charge in [-0.05, 0) is 5.56 Å². The first kappa shape index (κ1) is 20.9. The van der Waals surface area contributed by atoms with Crippen LogP contribution in [0.15, 0.2) is 30.3 Å². The molecule has 0 radical (unpaired) electrons. The van der Waals surface area contributed by atoms with E-state index in [-0.39, 0.29) is 25.7 Å². The minimum Gasteiger partial charge on any atom is -0.447 e. The molecule has 8 nitrogen and oxygen atoms in total. The third-order valence-electron chi connectivity index (χ3n) is 3.14. The number of alkyl carbamates (subject to hydrolysis) is 1. The van der Waals surface area contributed by atoms with Crippen molar-refractivity contribution < 1.29 is 28.5 Å². The van der Waals surface area contributed by atoms with Crippen LogP contribution in [0.4, 0.5) is 4.79 Å². The van der Waals surface area contributed by atoms with Crippen LogP contribution in [-0.4, -0.2) is 65.3 Å². The summed E-state index contributed by atoms with van der Waals surface area (Å²) < 4.78 is 19.9. The quantitative estimate of drug-likeness (QED) is 0.537. The molecule has 0 spiro atoms. The van der Waals surface area contributed by atoms with E-state index in [1.807, 2.05) is 30.3 Å². The van der Waals surface area contributed by atoms with Crippen molar-refractivity contribution in [3.63, 3.8) is 0 Å². The maximum Gasteiger partial charge on any atom is 0.407 e. The first-order chi connectivity index (χ1) is 12.2. The maximum absolute atomic E-state index is 12.2. The molecule has 2 amide bonds. The Bertz CT molecular complexity index is 497. The lowest BCUT2D eigenvalue weighted by molar-refractivity contribution is -0.124. The molecule has 0 bridgehead atoms. The lowest BCUT2D eigenvalue weighted by Crippen LogP contribution is -2.49. The molecule has 0 aliphatic carbocycles. The minimum atomic E-state index is -0.837. The smallest absolute Gasteiger partial charge is 0.407 e. The second-order valence-corrected chi connectivity index (χ2v) is 5.10. The molecule has 25 heavy (non-hydrogen) atoms. The lowest BCUT2D eigenvalue weighted by atomic mass is 10.2. The number of ether oxygens (including phenoxy) is 4. The van der Waals surface area contributed by atoms with Gasteiger partial charge in [0.25, 0.3) is 0 Å². The third-order valence-corrected chi connectivity index (χ3v) is 3.14. The van der Waals surface area contributed by atoms with Gasteiger partial charge in [-0.25, -0.2) is 4.79 Å². The van der Waals surface area contributed by atoms with E-state index in [9.17, 15) is 9.59 Å². The average molecular weight is 354 g/mol. The number of methoxy groups -OCH3 is 2. The molecular formula is C17H26N2O6. The Hall–Kier alpha value is -2.16. The second-order valence-electron chi connectivity index (χ2n) is 5.10. The summed E-state index contributed by atoms with van der Waals surface area (Å²) in [5.41, 5.74) is 0.961. The highest BCUT2D eigenvalue weighted by Gasteiger charge is 2.21. The molecule has 1 aromatic carbocycles. The average Bonchev–Trinajstić information content (AvgIpc) is 2.63. The lowest BCUT2D eigenvalue weighted by Gasteiger charge is -2.17. The molecule has 0 fully saturated rings. The van der Waals surface area contributed by atoms with Gasteiger partial charge in [0.05, 0.1) is 26.4 Å². The number of hydrogen-bond donors (Lipinski definition) is 2. The second kappa shape index (κ2) is 13.2. The molecule has 1 aromatic rings. The van der Waals surface area contributed by atoms with Crippen LogP contribution < -0.4 is 10.6 Å². The van der Waals surface area contributed by atoms with Crippen molar-refractivity contribution in [2.75, 3.05) is 47.3 Å². The summed E-state index contributed by atoms with van der Waals surface area (Å²) in [5.74, 6) is -0.348. The van der Waals surface area contributed by atoms with E-state index in [0.29, 0.717) is 19.8 Å². The van der Waals surface area contributed by atoms with Gasteiger partial charge in [-0.2, -0.15) is 0 Å². The number of carbonyl (C=O) groups excluding carboxylic acids is 2. The summed E-state index contributed by atoms with van der Waals surface area (Å²) >= 11 is 0. The highest BCUT2D eigenvalue weighted by molar-refractivity contribution is 5.85. The monoisotopic (exact) mass is 354 g/mol. The molecule has 0 aromatic heterocycles. The number of amides is 2. The Morgan fingerprint density at radius 3 is 2.40 bits per heavy atom. The normalized spacial score (nSPS) is 11.6. The van der Waals surface area contributed by atoms with Crippen molar-refractivity contribution in [1.82, 2.24) is 10.6 Å². The van der Waals surface area contributed by atoms with Gasteiger partial charge in [0.1, 0.15) is 12.6 Å². The van der Waals surface area contributed by atoms with E-state index in [2.05, 4.69) is 10.6 Å².